The number of anilines is 2. The van der Waals surface area contributed by atoms with E-state index >= 15 is 0 Å². The standard InChI is InChI=1S/C16H25N3O/c1-12(2)13(17)11-16(20)18-14-7-3-4-8-15(14)19-9-5-6-10-19/h3-4,7-8,12-13H,5-6,9-11,17H2,1-2H3,(H,18,20). The maximum absolute atomic E-state index is 12.1. The van der Waals surface area contributed by atoms with Gasteiger partial charge < -0.3 is 16.0 Å². The van der Waals surface area contributed by atoms with Crippen LogP contribution in [-0.4, -0.2) is 25.0 Å². The van der Waals surface area contributed by atoms with Crippen molar-refractivity contribution in [1.82, 2.24) is 0 Å². The molecule has 1 saturated heterocycles. The molecule has 1 fully saturated rings. The summed E-state index contributed by atoms with van der Waals surface area (Å²) in [6.45, 7) is 6.21. The zero-order valence-electron chi connectivity index (χ0n) is 12.4. The number of nitrogens with two attached hydrogens (primary N) is 1. The SMILES string of the molecule is CC(C)C(N)CC(=O)Nc1ccccc1N1CCCC1. The van der Waals surface area contributed by atoms with E-state index in [1.54, 1.807) is 0 Å². The molecule has 110 valence electrons. The van der Waals surface area contributed by atoms with E-state index in [1.807, 2.05) is 32.0 Å². The molecule has 3 N–H and O–H groups in total. The van der Waals surface area contributed by atoms with Crippen LogP contribution in [0.3, 0.4) is 0 Å². The second-order valence-corrected chi connectivity index (χ2v) is 5.87. The van der Waals surface area contributed by atoms with Gasteiger partial charge in [-0.05, 0) is 30.9 Å². The Morgan fingerprint density at radius 2 is 1.95 bits per heavy atom. The molecule has 1 aliphatic heterocycles. The van der Waals surface area contributed by atoms with Gasteiger partial charge in [-0.15, -0.1) is 0 Å². The first-order chi connectivity index (χ1) is 9.58. The molecule has 1 aliphatic rings. The van der Waals surface area contributed by atoms with Gasteiger partial charge in [0.15, 0.2) is 0 Å². The Hall–Kier alpha value is -1.55. The number of hydrogen-bond donors (Lipinski definition) is 2. The fourth-order valence-electron chi connectivity index (χ4n) is 2.46. The van der Waals surface area contributed by atoms with Crippen molar-refractivity contribution in [1.29, 1.82) is 0 Å². The average Bonchev–Trinajstić information content (AvgIpc) is 2.92. The molecule has 0 radical (unpaired) electrons. The highest BCUT2D eigenvalue weighted by Crippen LogP contribution is 2.28. The molecular weight excluding hydrogens is 250 g/mol. The summed E-state index contributed by atoms with van der Waals surface area (Å²) in [6, 6.07) is 7.92. The number of benzene rings is 1. The van der Waals surface area contributed by atoms with Gasteiger partial charge >= 0.3 is 0 Å². The Bertz CT molecular complexity index is 453. The monoisotopic (exact) mass is 275 g/mol. The Labute approximate surface area is 121 Å². The summed E-state index contributed by atoms with van der Waals surface area (Å²) in [4.78, 5) is 14.4. The molecule has 0 spiro atoms. The van der Waals surface area contributed by atoms with Crippen LogP contribution in [0.2, 0.25) is 0 Å². The molecule has 0 aromatic heterocycles. The lowest BCUT2D eigenvalue weighted by molar-refractivity contribution is -0.116. The number of para-hydroxylation sites is 2. The van der Waals surface area contributed by atoms with Crippen molar-refractivity contribution in [3.05, 3.63) is 24.3 Å². The maximum atomic E-state index is 12.1. The van der Waals surface area contributed by atoms with Gasteiger partial charge in [-0.2, -0.15) is 0 Å². The van der Waals surface area contributed by atoms with Crippen LogP contribution in [0.4, 0.5) is 11.4 Å². The second-order valence-electron chi connectivity index (χ2n) is 5.87. The van der Waals surface area contributed by atoms with E-state index in [-0.39, 0.29) is 11.9 Å². The van der Waals surface area contributed by atoms with Crippen molar-refractivity contribution in [2.24, 2.45) is 11.7 Å². The molecule has 1 atom stereocenters. The fraction of sp³-hybridized carbons (Fsp3) is 0.562. The number of nitrogens with one attached hydrogen (secondary N) is 1. The number of nitrogens with zero attached hydrogens (tertiary/aromatic N) is 1. The molecule has 4 heteroatoms. The van der Waals surface area contributed by atoms with Crippen LogP contribution in [0.15, 0.2) is 24.3 Å². The first-order valence-corrected chi connectivity index (χ1v) is 7.47. The Morgan fingerprint density at radius 1 is 1.30 bits per heavy atom. The number of hydrogen-bond acceptors (Lipinski definition) is 3. The van der Waals surface area contributed by atoms with E-state index in [2.05, 4.69) is 16.3 Å². The van der Waals surface area contributed by atoms with Crippen molar-refractivity contribution >= 4 is 17.3 Å². The van der Waals surface area contributed by atoms with Gasteiger partial charge in [-0.1, -0.05) is 26.0 Å². The zero-order chi connectivity index (χ0) is 14.5. The minimum atomic E-state index is -0.0889. The molecule has 0 saturated carbocycles. The summed E-state index contributed by atoms with van der Waals surface area (Å²) >= 11 is 0. The predicted octanol–water partition coefficient (Wildman–Crippen LogP) is 2.60. The normalized spacial score (nSPS) is 16.5. The molecule has 4 nitrogen and oxygen atoms in total. The minimum Gasteiger partial charge on any atom is -0.370 e. The van der Waals surface area contributed by atoms with E-state index in [0.29, 0.717) is 12.3 Å². The van der Waals surface area contributed by atoms with Gasteiger partial charge in [0.1, 0.15) is 0 Å². The highest BCUT2D eigenvalue weighted by Gasteiger charge is 2.18. The molecule has 20 heavy (non-hydrogen) atoms. The lowest BCUT2D eigenvalue weighted by atomic mass is 10.0. The van der Waals surface area contributed by atoms with E-state index in [4.69, 9.17) is 5.73 Å². The first-order valence-electron chi connectivity index (χ1n) is 7.47. The summed E-state index contributed by atoms with van der Waals surface area (Å²) in [5.74, 6) is 0.312. The number of rotatable bonds is 5. The van der Waals surface area contributed by atoms with Crippen molar-refractivity contribution in [3.63, 3.8) is 0 Å². The van der Waals surface area contributed by atoms with Gasteiger partial charge in [0.05, 0.1) is 11.4 Å². The van der Waals surface area contributed by atoms with Crippen LogP contribution in [-0.2, 0) is 4.79 Å². The third kappa shape index (κ3) is 3.73. The van der Waals surface area contributed by atoms with Gasteiger partial charge in [0, 0.05) is 25.6 Å². The molecule has 1 aromatic rings. The van der Waals surface area contributed by atoms with Crippen molar-refractivity contribution in [2.75, 3.05) is 23.3 Å². The van der Waals surface area contributed by atoms with Crippen LogP contribution in [0.5, 0.6) is 0 Å². The van der Waals surface area contributed by atoms with E-state index in [9.17, 15) is 4.79 Å². The van der Waals surface area contributed by atoms with Gasteiger partial charge in [-0.3, -0.25) is 4.79 Å². The van der Waals surface area contributed by atoms with Crippen LogP contribution in [0.1, 0.15) is 33.1 Å². The minimum absolute atomic E-state index is 0.00199. The Kier molecular flexibility index (Phi) is 5.01. The quantitative estimate of drug-likeness (QED) is 0.868. The largest absolute Gasteiger partial charge is 0.370 e. The van der Waals surface area contributed by atoms with Crippen LogP contribution >= 0.6 is 0 Å². The highest BCUT2D eigenvalue weighted by molar-refractivity contribution is 5.94. The van der Waals surface area contributed by atoms with Crippen molar-refractivity contribution in [2.45, 2.75) is 39.2 Å². The van der Waals surface area contributed by atoms with E-state index in [1.165, 1.54) is 12.8 Å². The third-order valence-electron chi connectivity index (χ3n) is 3.90. The van der Waals surface area contributed by atoms with Crippen LogP contribution in [0, 0.1) is 5.92 Å². The Morgan fingerprint density at radius 3 is 2.60 bits per heavy atom. The number of carbonyl (C=O) groups excluding carboxylic acids is 1. The summed E-state index contributed by atoms with van der Waals surface area (Å²) in [7, 11) is 0. The summed E-state index contributed by atoms with van der Waals surface area (Å²) in [5, 5.41) is 3.01. The summed E-state index contributed by atoms with van der Waals surface area (Å²) in [6.07, 6.45) is 2.81. The Balaban J connectivity index is 2.03. The van der Waals surface area contributed by atoms with E-state index in [0.717, 1.165) is 24.5 Å². The molecule has 1 heterocycles. The molecular formula is C16H25N3O. The second kappa shape index (κ2) is 6.75. The molecule has 1 amide bonds. The van der Waals surface area contributed by atoms with E-state index < -0.39 is 0 Å². The van der Waals surface area contributed by atoms with Crippen LogP contribution in [0.25, 0.3) is 0 Å². The third-order valence-corrected chi connectivity index (χ3v) is 3.90. The lowest BCUT2D eigenvalue weighted by Gasteiger charge is -2.22. The van der Waals surface area contributed by atoms with Gasteiger partial charge in [0.2, 0.25) is 5.91 Å². The molecule has 1 aromatic carbocycles. The van der Waals surface area contributed by atoms with Gasteiger partial charge in [0.25, 0.3) is 0 Å². The summed E-state index contributed by atoms with van der Waals surface area (Å²) < 4.78 is 0. The molecule has 0 bridgehead atoms. The average molecular weight is 275 g/mol. The zero-order valence-corrected chi connectivity index (χ0v) is 12.4. The predicted molar refractivity (Wildman–Crippen MR) is 83.9 cm³/mol. The molecule has 1 unspecified atom stereocenters. The van der Waals surface area contributed by atoms with Gasteiger partial charge in [-0.25, -0.2) is 0 Å². The topological polar surface area (TPSA) is 58.4 Å². The first kappa shape index (κ1) is 14.9. The number of amides is 1. The smallest absolute Gasteiger partial charge is 0.225 e. The van der Waals surface area contributed by atoms with Crippen LogP contribution < -0.4 is 16.0 Å². The highest BCUT2D eigenvalue weighted by atomic mass is 16.1. The molecule has 0 aliphatic carbocycles. The van der Waals surface area contributed by atoms with Crippen molar-refractivity contribution in [3.8, 4) is 0 Å². The number of carbonyl (C=O) groups is 1. The molecule has 2 rings (SSSR count). The lowest BCUT2D eigenvalue weighted by Crippen LogP contribution is -2.32. The maximum Gasteiger partial charge on any atom is 0.225 e. The summed E-state index contributed by atoms with van der Waals surface area (Å²) in [5.41, 5.74) is 7.98. The fourth-order valence-corrected chi connectivity index (χ4v) is 2.46. The van der Waals surface area contributed by atoms with Crippen molar-refractivity contribution < 1.29 is 4.79 Å².